The summed E-state index contributed by atoms with van der Waals surface area (Å²) in [5.41, 5.74) is 2.49. The molecule has 2 rings (SSSR count). The Balaban J connectivity index is 1.99. The van der Waals surface area contributed by atoms with Gasteiger partial charge in [-0.25, -0.2) is 8.42 Å². The van der Waals surface area contributed by atoms with E-state index in [0.717, 1.165) is 33.9 Å². The predicted octanol–water partition coefficient (Wildman–Crippen LogP) is 3.12. The predicted molar refractivity (Wildman–Crippen MR) is 112 cm³/mol. The van der Waals surface area contributed by atoms with Gasteiger partial charge in [-0.05, 0) is 55.7 Å². The van der Waals surface area contributed by atoms with Crippen LogP contribution in [0.15, 0.2) is 48.5 Å². The Labute approximate surface area is 167 Å². The average molecular weight is 405 g/mol. The van der Waals surface area contributed by atoms with Gasteiger partial charge in [-0.15, -0.1) is 0 Å². The van der Waals surface area contributed by atoms with Crippen molar-refractivity contribution in [1.82, 2.24) is 5.32 Å². The molecular weight excluding hydrogens is 376 g/mol. The summed E-state index contributed by atoms with van der Waals surface area (Å²) in [5, 5.41) is 2.77. The van der Waals surface area contributed by atoms with Crippen molar-refractivity contribution in [1.29, 1.82) is 0 Å². The molecule has 1 N–H and O–H groups in total. The van der Waals surface area contributed by atoms with Gasteiger partial charge < -0.3 is 10.1 Å². The highest BCUT2D eigenvalue weighted by atomic mass is 32.2. The van der Waals surface area contributed by atoms with Crippen molar-refractivity contribution < 1.29 is 17.9 Å². The zero-order valence-corrected chi connectivity index (χ0v) is 17.6. The summed E-state index contributed by atoms with van der Waals surface area (Å²) in [6.07, 6.45) is 2.06. The number of nitrogens with one attached hydrogen (secondary N) is 1. The van der Waals surface area contributed by atoms with Crippen molar-refractivity contribution in [3.05, 3.63) is 59.7 Å². The molecule has 2 aromatic carbocycles. The second kappa shape index (κ2) is 9.59. The molecule has 1 amide bonds. The quantitative estimate of drug-likeness (QED) is 0.697. The summed E-state index contributed by atoms with van der Waals surface area (Å²) in [7, 11) is -3.58. The van der Waals surface area contributed by atoms with E-state index in [2.05, 4.69) is 5.32 Å². The number of anilines is 1. The first kappa shape index (κ1) is 21.8. The van der Waals surface area contributed by atoms with Crippen LogP contribution in [0, 0.1) is 0 Å². The lowest BCUT2D eigenvalue weighted by atomic mass is 10.1. The molecule has 0 atom stereocenters. The highest BCUT2D eigenvalue weighted by molar-refractivity contribution is 7.92. The Hall–Kier alpha value is -2.54. The number of benzene rings is 2. The van der Waals surface area contributed by atoms with Gasteiger partial charge >= 0.3 is 0 Å². The molecule has 0 fully saturated rings. The van der Waals surface area contributed by atoms with Crippen LogP contribution < -0.4 is 14.4 Å². The molecule has 0 aliphatic carbocycles. The molecule has 0 radical (unpaired) electrons. The van der Waals surface area contributed by atoms with Gasteiger partial charge in [-0.2, -0.15) is 0 Å². The van der Waals surface area contributed by atoms with E-state index in [1.165, 1.54) is 0 Å². The molecule has 0 bridgehead atoms. The SMILES string of the molecule is CCc1ccc(N(CC(=O)NCc2ccc(OC(C)C)cc2)S(C)(=O)=O)cc1. The van der Waals surface area contributed by atoms with Crippen LogP contribution in [0.3, 0.4) is 0 Å². The maximum absolute atomic E-state index is 12.3. The number of carbonyl (C=O) groups excluding carboxylic acids is 1. The van der Waals surface area contributed by atoms with Gasteiger partial charge in [0.05, 0.1) is 18.0 Å². The lowest BCUT2D eigenvalue weighted by Gasteiger charge is -2.22. The summed E-state index contributed by atoms with van der Waals surface area (Å²) in [4.78, 5) is 12.3. The molecule has 0 heterocycles. The fourth-order valence-electron chi connectivity index (χ4n) is 2.64. The second-order valence-electron chi connectivity index (χ2n) is 6.88. The fraction of sp³-hybridized carbons (Fsp3) is 0.381. The van der Waals surface area contributed by atoms with Crippen molar-refractivity contribution in [2.24, 2.45) is 0 Å². The van der Waals surface area contributed by atoms with E-state index >= 15 is 0 Å². The number of amides is 1. The highest BCUT2D eigenvalue weighted by Crippen LogP contribution is 2.18. The average Bonchev–Trinajstić information content (AvgIpc) is 2.64. The van der Waals surface area contributed by atoms with E-state index in [1.54, 1.807) is 12.1 Å². The zero-order chi connectivity index (χ0) is 20.7. The van der Waals surface area contributed by atoms with Crippen LogP contribution in [0.5, 0.6) is 5.75 Å². The van der Waals surface area contributed by atoms with Gasteiger partial charge in [-0.3, -0.25) is 9.10 Å². The summed E-state index contributed by atoms with van der Waals surface area (Å²) < 4.78 is 31.0. The first-order valence-electron chi connectivity index (χ1n) is 9.28. The van der Waals surface area contributed by atoms with Crippen LogP contribution in [0.4, 0.5) is 5.69 Å². The van der Waals surface area contributed by atoms with Crippen LogP contribution in [0.2, 0.25) is 0 Å². The van der Waals surface area contributed by atoms with Crippen LogP contribution in [0.25, 0.3) is 0 Å². The third kappa shape index (κ3) is 6.56. The molecule has 6 nitrogen and oxygen atoms in total. The number of aryl methyl sites for hydroxylation is 1. The van der Waals surface area contributed by atoms with Gasteiger partial charge in [0.2, 0.25) is 15.9 Å². The monoisotopic (exact) mass is 404 g/mol. The Morgan fingerprint density at radius 3 is 2.11 bits per heavy atom. The summed E-state index contributed by atoms with van der Waals surface area (Å²) >= 11 is 0. The van der Waals surface area contributed by atoms with E-state index in [4.69, 9.17) is 4.74 Å². The number of ether oxygens (including phenoxy) is 1. The number of rotatable bonds is 9. The Kier molecular flexibility index (Phi) is 7.45. The van der Waals surface area contributed by atoms with Gasteiger partial charge in [0, 0.05) is 6.54 Å². The summed E-state index contributed by atoms with van der Waals surface area (Å²) in [6, 6.07) is 14.6. The minimum atomic E-state index is -3.58. The molecule has 28 heavy (non-hydrogen) atoms. The van der Waals surface area contributed by atoms with E-state index in [9.17, 15) is 13.2 Å². The van der Waals surface area contributed by atoms with E-state index in [1.807, 2.05) is 57.2 Å². The minimum absolute atomic E-state index is 0.0962. The lowest BCUT2D eigenvalue weighted by molar-refractivity contribution is -0.119. The second-order valence-corrected chi connectivity index (χ2v) is 8.78. The van der Waals surface area contributed by atoms with Crippen LogP contribution >= 0.6 is 0 Å². The molecule has 2 aromatic rings. The largest absolute Gasteiger partial charge is 0.491 e. The highest BCUT2D eigenvalue weighted by Gasteiger charge is 2.20. The molecular formula is C21H28N2O4S. The Morgan fingerprint density at radius 1 is 1.04 bits per heavy atom. The van der Waals surface area contributed by atoms with Crippen LogP contribution in [-0.4, -0.2) is 33.2 Å². The molecule has 0 aromatic heterocycles. The molecule has 0 saturated heterocycles. The van der Waals surface area contributed by atoms with Crippen LogP contribution in [-0.2, 0) is 27.8 Å². The standard InChI is InChI=1S/C21H28N2O4S/c1-5-17-6-10-19(11-7-17)23(28(4,25)26)15-21(24)22-14-18-8-12-20(13-9-18)27-16(2)3/h6-13,16H,5,14-15H2,1-4H3,(H,22,24). The molecule has 152 valence electrons. The van der Waals surface area contributed by atoms with E-state index in [0.29, 0.717) is 12.2 Å². The smallest absolute Gasteiger partial charge is 0.241 e. The third-order valence-corrected chi connectivity index (χ3v) is 5.25. The van der Waals surface area contributed by atoms with Crippen LogP contribution in [0.1, 0.15) is 31.9 Å². The van der Waals surface area contributed by atoms with E-state index in [-0.39, 0.29) is 18.6 Å². The van der Waals surface area contributed by atoms with Crippen molar-refractivity contribution in [2.45, 2.75) is 39.8 Å². The maximum atomic E-state index is 12.3. The molecule has 0 spiro atoms. The number of hydrogen-bond acceptors (Lipinski definition) is 4. The first-order valence-corrected chi connectivity index (χ1v) is 11.1. The first-order chi connectivity index (χ1) is 13.2. The Bertz CT molecular complexity index is 876. The Morgan fingerprint density at radius 2 is 1.61 bits per heavy atom. The lowest BCUT2D eigenvalue weighted by Crippen LogP contribution is -2.40. The van der Waals surface area contributed by atoms with E-state index < -0.39 is 10.0 Å². The topological polar surface area (TPSA) is 75.7 Å². The number of nitrogens with zero attached hydrogens (tertiary/aromatic N) is 1. The fourth-order valence-corrected chi connectivity index (χ4v) is 3.50. The summed E-state index contributed by atoms with van der Waals surface area (Å²) in [5.74, 6) is 0.399. The molecule has 0 saturated carbocycles. The third-order valence-electron chi connectivity index (χ3n) is 4.10. The molecule has 0 aliphatic rings. The van der Waals surface area contributed by atoms with Gasteiger partial charge in [0.15, 0.2) is 0 Å². The minimum Gasteiger partial charge on any atom is -0.491 e. The van der Waals surface area contributed by atoms with Gasteiger partial charge in [0.25, 0.3) is 0 Å². The molecule has 0 aliphatic heterocycles. The number of sulfonamides is 1. The normalized spacial score (nSPS) is 11.3. The van der Waals surface area contributed by atoms with Gasteiger partial charge in [0.1, 0.15) is 12.3 Å². The summed E-state index contributed by atoms with van der Waals surface area (Å²) in [6.45, 7) is 5.99. The molecule has 0 unspecified atom stereocenters. The number of hydrogen-bond donors (Lipinski definition) is 1. The van der Waals surface area contributed by atoms with Crippen molar-refractivity contribution in [2.75, 3.05) is 17.1 Å². The van der Waals surface area contributed by atoms with Crippen molar-refractivity contribution in [3.8, 4) is 5.75 Å². The molecule has 7 heteroatoms. The maximum Gasteiger partial charge on any atom is 0.241 e. The number of carbonyl (C=O) groups is 1. The zero-order valence-electron chi connectivity index (χ0n) is 16.8. The van der Waals surface area contributed by atoms with Crippen molar-refractivity contribution in [3.63, 3.8) is 0 Å². The van der Waals surface area contributed by atoms with Gasteiger partial charge in [-0.1, -0.05) is 31.2 Å². The van der Waals surface area contributed by atoms with Crippen molar-refractivity contribution >= 4 is 21.6 Å².